The largest absolute Gasteiger partial charge is 0.371 e. The molecule has 0 bridgehead atoms. The van der Waals surface area contributed by atoms with Crippen LogP contribution in [0, 0.1) is 0 Å². The topological polar surface area (TPSA) is 62.3 Å². The van der Waals surface area contributed by atoms with Crippen molar-refractivity contribution < 1.29 is 8.42 Å². The van der Waals surface area contributed by atoms with E-state index >= 15 is 0 Å². The zero-order chi connectivity index (χ0) is 17.0. The lowest BCUT2D eigenvalue weighted by Gasteiger charge is -2.20. The molecular weight excluding hydrogens is 357 g/mol. The third-order valence-corrected chi connectivity index (χ3v) is 5.41. The number of halogens is 2. The number of pyridine rings is 1. The van der Waals surface area contributed by atoms with Crippen molar-refractivity contribution in [3.05, 3.63) is 46.6 Å². The van der Waals surface area contributed by atoms with E-state index in [4.69, 9.17) is 23.2 Å². The first-order valence-corrected chi connectivity index (χ1v) is 9.30. The fourth-order valence-corrected chi connectivity index (χ4v) is 3.46. The van der Waals surface area contributed by atoms with Crippen LogP contribution in [0.4, 0.5) is 11.5 Å². The molecule has 0 fully saturated rings. The van der Waals surface area contributed by atoms with E-state index in [1.807, 2.05) is 19.9 Å². The lowest BCUT2D eigenvalue weighted by Crippen LogP contribution is -2.22. The molecule has 2 rings (SSSR count). The molecular formula is C15H17Cl2N3O2S. The van der Waals surface area contributed by atoms with Gasteiger partial charge in [0.05, 0.1) is 26.8 Å². The maximum atomic E-state index is 12.3. The summed E-state index contributed by atoms with van der Waals surface area (Å²) in [6, 6.07) is 7.59. The van der Waals surface area contributed by atoms with Gasteiger partial charge in [0.2, 0.25) is 0 Å². The normalized spacial score (nSPS) is 11.3. The maximum Gasteiger partial charge on any atom is 0.263 e. The van der Waals surface area contributed by atoms with E-state index in [2.05, 4.69) is 14.6 Å². The van der Waals surface area contributed by atoms with Crippen LogP contribution in [-0.4, -0.2) is 26.5 Å². The molecule has 5 nitrogen and oxygen atoms in total. The number of anilines is 2. The highest BCUT2D eigenvalue weighted by atomic mass is 35.5. The van der Waals surface area contributed by atoms with Crippen molar-refractivity contribution in [3.63, 3.8) is 0 Å². The molecule has 0 saturated heterocycles. The summed E-state index contributed by atoms with van der Waals surface area (Å²) >= 11 is 11.7. The molecule has 0 radical (unpaired) electrons. The van der Waals surface area contributed by atoms with E-state index < -0.39 is 10.0 Å². The van der Waals surface area contributed by atoms with Gasteiger partial charge in [0.1, 0.15) is 5.82 Å². The third-order valence-electron chi connectivity index (χ3n) is 3.32. The van der Waals surface area contributed by atoms with Crippen molar-refractivity contribution >= 4 is 44.7 Å². The Hall–Kier alpha value is -1.50. The van der Waals surface area contributed by atoms with Crippen LogP contribution in [0.3, 0.4) is 0 Å². The van der Waals surface area contributed by atoms with E-state index in [0.717, 1.165) is 18.8 Å². The first-order chi connectivity index (χ1) is 10.9. The zero-order valence-electron chi connectivity index (χ0n) is 12.8. The summed E-state index contributed by atoms with van der Waals surface area (Å²) in [7, 11) is -3.77. The number of benzene rings is 1. The molecule has 23 heavy (non-hydrogen) atoms. The van der Waals surface area contributed by atoms with Crippen LogP contribution in [0.25, 0.3) is 0 Å². The van der Waals surface area contributed by atoms with Crippen LogP contribution < -0.4 is 9.62 Å². The highest BCUT2D eigenvalue weighted by Crippen LogP contribution is 2.26. The average Bonchev–Trinajstić information content (AvgIpc) is 2.52. The van der Waals surface area contributed by atoms with Gasteiger partial charge in [0.15, 0.2) is 0 Å². The van der Waals surface area contributed by atoms with E-state index in [1.54, 1.807) is 12.3 Å². The Kier molecular flexibility index (Phi) is 5.73. The first-order valence-electron chi connectivity index (χ1n) is 7.06. The van der Waals surface area contributed by atoms with Gasteiger partial charge >= 0.3 is 0 Å². The molecule has 0 atom stereocenters. The number of sulfonamides is 1. The van der Waals surface area contributed by atoms with E-state index in [9.17, 15) is 8.42 Å². The summed E-state index contributed by atoms with van der Waals surface area (Å²) < 4.78 is 27.1. The molecule has 0 aliphatic heterocycles. The molecule has 1 aromatic carbocycles. The van der Waals surface area contributed by atoms with Gasteiger partial charge in [-0.15, -0.1) is 0 Å². The number of hydrogen-bond acceptors (Lipinski definition) is 4. The lowest BCUT2D eigenvalue weighted by atomic mass is 10.3. The van der Waals surface area contributed by atoms with Gasteiger partial charge < -0.3 is 4.90 Å². The van der Waals surface area contributed by atoms with Crippen LogP contribution in [0.15, 0.2) is 41.4 Å². The summed E-state index contributed by atoms with van der Waals surface area (Å²) in [5, 5.41) is 0.478. The zero-order valence-corrected chi connectivity index (χ0v) is 15.1. The van der Waals surface area contributed by atoms with Gasteiger partial charge in [-0.05, 0) is 44.2 Å². The van der Waals surface area contributed by atoms with Crippen molar-refractivity contribution in [2.24, 2.45) is 0 Å². The van der Waals surface area contributed by atoms with Crippen molar-refractivity contribution in [1.82, 2.24) is 4.98 Å². The summed E-state index contributed by atoms with van der Waals surface area (Å²) in [6.45, 7) is 5.80. The quantitative estimate of drug-likeness (QED) is 0.829. The Bertz CT molecular complexity index is 776. The summed E-state index contributed by atoms with van der Waals surface area (Å²) in [5.41, 5.74) is 0.937. The predicted octanol–water partition coefficient (Wildman–Crippen LogP) is 4.04. The van der Waals surface area contributed by atoms with E-state index in [-0.39, 0.29) is 15.7 Å². The Balaban J connectivity index is 2.22. The molecule has 0 spiro atoms. The molecule has 0 unspecified atom stereocenters. The van der Waals surface area contributed by atoms with Crippen molar-refractivity contribution in [3.8, 4) is 0 Å². The van der Waals surface area contributed by atoms with Crippen LogP contribution in [0.2, 0.25) is 10.0 Å². The molecule has 1 N–H and O–H groups in total. The van der Waals surface area contributed by atoms with Gasteiger partial charge in [-0.3, -0.25) is 4.72 Å². The number of nitrogens with zero attached hydrogens (tertiary/aromatic N) is 2. The number of rotatable bonds is 6. The standard InChI is InChI=1S/C15H17Cl2N3O2S/c1-3-20(4-2)11-5-8-15(18-10-11)19-23(21,22)12-6-7-13(16)14(17)9-12/h5-10H,3-4H2,1-2H3,(H,18,19). The molecule has 124 valence electrons. The molecule has 1 aromatic heterocycles. The molecule has 0 aliphatic rings. The molecule has 0 aliphatic carbocycles. The molecule has 8 heteroatoms. The first kappa shape index (κ1) is 17.8. The van der Waals surface area contributed by atoms with Crippen molar-refractivity contribution in [2.45, 2.75) is 18.7 Å². The van der Waals surface area contributed by atoms with Crippen molar-refractivity contribution in [1.29, 1.82) is 0 Å². The van der Waals surface area contributed by atoms with Crippen LogP contribution in [0.1, 0.15) is 13.8 Å². The van der Waals surface area contributed by atoms with Gasteiger partial charge in [-0.25, -0.2) is 13.4 Å². The Labute approximate surface area is 146 Å². The van der Waals surface area contributed by atoms with Gasteiger partial charge in [0.25, 0.3) is 10.0 Å². The van der Waals surface area contributed by atoms with Crippen LogP contribution in [0.5, 0.6) is 0 Å². The SMILES string of the molecule is CCN(CC)c1ccc(NS(=O)(=O)c2ccc(Cl)c(Cl)c2)nc1. The number of aromatic nitrogens is 1. The van der Waals surface area contributed by atoms with Gasteiger partial charge in [0, 0.05) is 13.1 Å². The fraction of sp³-hybridized carbons (Fsp3) is 0.267. The Morgan fingerprint density at radius 2 is 1.78 bits per heavy atom. The minimum absolute atomic E-state index is 0.0292. The Morgan fingerprint density at radius 1 is 1.09 bits per heavy atom. The highest BCUT2D eigenvalue weighted by Gasteiger charge is 2.16. The lowest BCUT2D eigenvalue weighted by molar-refractivity contribution is 0.601. The predicted molar refractivity (Wildman–Crippen MR) is 95.1 cm³/mol. The minimum atomic E-state index is -3.77. The van der Waals surface area contributed by atoms with E-state index in [0.29, 0.717) is 5.02 Å². The van der Waals surface area contributed by atoms with Crippen LogP contribution >= 0.6 is 23.2 Å². The van der Waals surface area contributed by atoms with Gasteiger partial charge in [-0.2, -0.15) is 0 Å². The summed E-state index contributed by atoms with van der Waals surface area (Å²) in [5.74, 6) is 0.243. The minimum Gasteiger partial charge on any atom is -0.371 e. The average molecular weight is 374 g/mol. The number of hydrogen-bond donors (Lipinski definition) is 1. The van der Waals surface area contributed by atoms with Crippen molar-refractivity contribution in [2.75, 3.05) is 22.7 Å². The molecule has 0 saturated carbocycles. The summed E-state index contributed by atoms with van der Waals surface area (Å²) in [6.07, 6.45) is 1.64. The second-order valence-corrected chi connectivity index (χ2v) is 7.25. The van der Waals surface area contributed by atoms with E-state index in [1.165, 1.54) is 18.2 Å². The maximum absolute atomic E-state index is 12.3. The van der Waals surface area contributed by atoms with Gasteiger partial charge in [-0.1, -0.05) is 23.2 Å². The molecule has 1 heterocycles. The Morgan fingerprint density at radius 3 is 2.30 bits per heavy atom. The second-order valence-electron chi connectivity index (χ2n) is 4.76. The third kappa shape index (κ3) is 4.28. The number of nitrogens with one attached hydrogen (secondary N) is 1. The molecule has 2 aromatic rings. The monoisotopic (exact) mass is 373 g/mol. The molecule has 0 amide bonds. The fourth-order valence-electron chi connectivity index (χ4n) is 2.06. The summed E-state index contributed by atoms with van der Waals surface area (Å²) in [4.78, 5) is 6.30. The second kappa shape index (κ2) is 7.38. The highest BCUT2D eigenvalue weighted by molar-refractivity contribution is 7.92. The smallest absolute Gasteiger partial charge is 0.263 e. The van der Waals surface area contributed by atoms with Crippen LogP contribution in [-0.2, 0) is 10.0 Å².